The number of aliphatic hydroxyl groups is 1. The fraction of sp³-hybridized carbons (Fsp3) is 0.944. The maximum atomic E-state index is 10.6. The van der Waals surface area contributed by atoms with Crippen molar-refractivity contribution in [1.29, 1.82) is 0 Å². The Labute approximate surface area is 164 Å². The second kappa shape index (κ2) is 9.03. The summed E-state index contributed by atoms with van der Waals surface area (Å²) < 4.78 is 0. The van der Waals surface area contributed by atoms with E-state index in [0.717, 1.165) is 50.8 Å². The minimum Gasteiger partial charge on any atom is -0.388 e. The molecule has 0 amide bonds. The molecule has 3 aliphatic rings. The summed E-state index contributed by atoms with van der Waals surface area (Å²) in [7, 11) is 0. The summed E-state index contributed by atoms with van der Waals surface area (Å²) in [6.45, 7) is 6.95. The van der Waals surface area contributed by atoms with Crippen molar-refractivity contribution in [2.75, 3.05) is 19.6 Å². The normalized spacial score (nSPS) is 30.7. The molecule has 2 atom stereocenters. The van der Waals surface area contributed by atoms with Gasteiger partial charge in [-0.05, 0) is 46.0 Å². The Balaban J connectivity index is 0.00000208. The predicted octanol–water partition coefficient (Wildman–Crippen LogP) is 2.48. The molecule has 0 aromatic heterocycles. The van der Waals surface area contributed by atoms with Gasteiger partial charge < -0.3 is 15.7 Å². The number of aliphatic imine (C=N–C) groups is 1. The Morgan fingerprint density at radius 1 is 1.25 bits per heavy atom. The smallest absolute Gasteiger partial charge is 0.191 e. The van der Waals surface area contributed by atoms with Crippen molar-refractivity contribution in [2.24, 2.45) is 4.99 Å². The number of hydrogen-bond donors (Lipinski definition) is 3. The molecular weight excluding hydrogens is 415 g/mol. The third kappa shape index (κ3) is 5.46. The third-order valence-corrected chi connectivity index (χ3v) is 5.64. The maximum Gasteiger partial charge on any atom is 0.191 e. The first-order valence-electron chi connectivity index (χ1n) is 9.62. The summed E-state index contributed by atoms with van der Waals surface area (Å²) in [5, 5.41) is 17.6. The molecule has 24 heavy (non-hydrogen) atoms. The van der Waals surface area contributed by atoms with Crippen molar-refractivity contribution in [2.45, 2.75) is 88.9 Å². The van der Waals surface area contributed by atoms with Crippen molar-refractivity contribution in [3.8, 4) is 0 Å². The van der Waals surface area contributed by atoms with Gasteiger partial charge in [0.25, 0.3) is 0 Å². The summed E-state index contributed by atoms with van der Waals surface area (Å²) in [6.07, 6.45) is 9.24. The Kier molecular flexibility index (Phi) is 7.61. The lowest BCUT2D eigenvalue weighted by molar-refractivity contribution is 0.0131. The van der Waals surface area contributed by atoms with E-state index in [9.17, 15) is 5.11 Å². The molecule has 0 radical (unpaired) electrons. The summed E-state index contributed by atoms with van der Waals surface area (Å²) >= 11 is 0. The van der Waals surface area contributed by atoms with Crippen LogP contribution in [0.3, 0.4) is 0 Å². The standard InChI is InChI=1S/C18H34N4O.HI/c1-3-19-17(20-13-18(23)9-5-4-6-10-18)21-15-11-14(2)22(12-15)16-7-8-16;/h14-16,23H,3-13H2,1-2H3,(H2,19,20,21);1H. The lowest BCUT2D eigenvalue weighted by Gasteiger charge is -2.30. The van der Waals surface area contributed by atoms with Crippen molar-refractivity contribution in [3.05, 3.63) is 0 Å². The van der Waals surface area contributed by atoms with Crippen LogP contribution in [0, 0.1) is 0 Å². The zero-order valence-electron chi connectivity index (χ0n) is 15.3. The summed E-state index contributed by atoms with van der Waals surface area (Å²) in [5.41, 5.74) is -0.580. The molecule has 0 aromatic carbocycles. The fourth-order valence-electron chi connectivity index (χ4n) is 4.18. The number of rotatable bonds is 5. The van der Waals surface area contributed by atoms with E-state index >= 15 is 0 Å². The van der Waals surface area contributed by atoms with Gasteiger partial charge in [0, 0.05) is 31.2 Å². The van der Waals surface area contributed by atoms with Gasteiger partial charge in [0.1, 0.15) is 0 Å². The summed E-state index contributed by atoms with van der Waals surface area (Å²) in [4.78, 5) is 7.36. The topological polar surface area (TPSA) is 59.9 Å². The minimum absolute atomic E-state index is 0. The average molecular weight is 450 g/mol. The second-order valence-electron chi connectivity index (χ2n) is 7.83. The lowest BCUT2D eigenvalue weighted by Crippen LogP contribution is -2.46. The van der Waals surface area contributed by atoms with Gasteiger partial charge in [-0.15, -0.1) is 24.0 Å². The summed E-state index contributed by atoms with van der Waals surface area (Å²) in [5.74, 6) is 0.876. The van der Waals surface area contributed by atoms with E-state index in [2.05, 4.69) is 29.4 Å². The number of hydrogen-bond acceptors (Lipinski definition) is 3. The zero-order chi connectivity index (χ0) is 16.3. The highest BCUT2D eigenvalue weighted by atomic mass is 127. The molecule has 2 saturated carbocycles. The van der Waals surface area contributed by atoms with Gasteiger partial charge in [0.15, 0.2) is 5.96 Å². The highest BCUT2D eigenvalue weighted by molar-refractivity contribution is 14.0. The Bertz CT molecular complexity index is 421. The van der Waals surface area contributed by atoms with Gasteiger partial charge >= 0.3 is 0 Å². The zero-order valence-corrected chi connectivity index (χ0v) is 17.6. The number of likely N-dealkylation sites (tertiary alicyclic amines) is 1. The molecule has 3 rings (SSSR count). The van der Waals surface area contributed by atoms with Gasteiger partial charge in [0.05, 0.1) is 12.1 Å². The monoisotopic (exact) mass is 450 g/mol. The number of nitrogens with zero attached hydrogens (tertiary/aromatic N) is 2. The van der Waals surface area contributed by atoms with Crippen LogP contribution >= 0.6 is 24.0 Å². The molecule has 5 nitrogen and oxygen atoms in total. The van der Waals surface area contributed by atoms with Crippen molar-refractivity contribution in [3.63, 3.8) is 0 Å². The van der Waals surface area contributed by atoms with Gasteiger partial charge in [0.2, 0.25) is 0 Å². The minimum atomic E-state index is -0.580. The molecular formula is C18H35IN4O. The van der Waals surface area contributed by atoms with Gasteiger partial charge in [-0.1, -0.05) is 19.3 Å². The van der Waals surface area contributed by atoms with Gasteiger partial charge in [-0.3, -0.25) is 9.89 Å². The van der Waals surface area contributed by atoms with Crippen LogP contribution in [0.2, 0.25) is 0 Å². The van der Waals surface area contributed by atoms with E-state index in [1.54, 1.807) is 0 Å². The molecule has 6 heteroatoms. The van der Waals surface area contributed by atoms with Crippen LogP contribution in [0.15, 0.2) is 4.99 Å². The van der Waals surface area contributed by atoms with E-state index < -0.39 is 5.60 Å². The third-order valence-electron chi connectivity index (χ3n) is 5.64. The van der Waals surface area contributed by atoms with Crippen molar-refractivity contribution < 1.29 is 5.11 Å². The highest BCUT2D eigenvalue weighted by Crippen LogP contribution is 2.33. The van der Waals surface area contributed by atoms with Crippen LogP contribution in [0.1, 0.15) is 65.2 Å². The molecule has 3 N–H and O–H groups in total. The SMILES string of the molecule is CCNC(=NCC1(O)CCCCC1)NC1CC(C)N(C2CC2)C1.I. The van der Waals surface area contributed by atoms with Crippen LogP contribution in [0.25, 0.3) is 0 Å². The highest BCUT2D eigenvalue weighted by Gasteiger charge is 2.39. The molecule has 3 fully saturated rings. The van der Waals surface area contributed by atoms with Crippen LogP contribution in [0.5, 0.6) is 0 Å². The van der Waals surface area contributed by atoms with E-state index in [4.69, 9.17) is 4.99 Å². The van der Waals surface area contributed by atoms with Crippen LogP contribution in [0.4, 0.5) is 0 Å². The van der Waals surface area contributed by atoms with Crippen molar-refractivity contribution in [1.82, 2.24) is 15.5 Å². The van der Waals surface area contributed by atoms with Gasteiger partial charge in [-0.25, -0.2) is 0 Å². The first kappa shape index (κ1) is 20.2. The van der Waals surface area contributed by atoms with Crippen LogP contribution in [-0.2, 0) is 0 Å². The molecule has 2 unspecified atom stereocenters. The first-order chi connectivity index (χ1) is 11.1. The molecule has 0 spiro atoms. The Morgan fingerprint density at radius 3 is 2.58 bits per heavy atom. The molecule has 0 aromatic rings. The molecule has 1 aliphatic heterocycles. The predicted molar refractivity (Wildman–Crippen MR) is 110 cm³/mol. The number of nitrogens with one attached hydrogen (secondary N) is 2. The first-order valence-corrected chi connectivity index (χ1v) is 9.62. The van der Waals surface area contributed by atoms with E-state index in [-0.39, 0.29) is 24.0 Å². The average Bonchev–Trinajstić information content (AvgIpc) is 3.30. The number of halogens is 1. The van der Waals surface area contributed by atoms with E-state index in [1.807, 2.05) is 0 Å². The quantitative estimate of drug-likeness (QED) is 0.342. The Morgan fingerprint density at radius 2 is 1.96 bits per heavy atom. The molecule has 1 saturated heterocycles. The lowest BCUT2D eigenvalue weighted by atomic mass is 9.85. The Hall–Kier alpha value is -0.0800. The van der Waals surface area contributed by atoms with E-state index in [1.165, 1.54) is 25.7 Å². The summed E-state index contributed by atoms with van der Waals surface area (Å²) in [6, 6.07) is 1.98. The molecule has 0 bridgehead atoms. The second-order valence-corrected chi connectivity index (χ2v) is 7.83. The molecule has 140 valence electrons. The molecule has 1 heterocycles. The van der Waals surface area contributed by atoms with Gasteiger partial charge in [-0.2, -0.15) is 0 Å². The fourth-order valence-corrected chi connectivity index (χ4v) is 4.18. The maximum absolute atomic E-state index is 10.6. The number of guanidine groups is 1. The van der Waals surface area contributed by atoms with Crippen LogP contribution in [-0.4, -0.2) is 59.3 Å². The molecule has 2 aliphatic carbocycles. The van der Waals surface area contributed by atoms with E-state index in [0.29, 0.717) is 18.6 Å². The largest absolute Gasteiger partial charge is 0.388 e. The van der Waals surface area contributed by atoms with Crippen LogP contribution < -0.4 is 10.6 Å². The van der Waals surface area contributed by atoms with Crippen molar-refractivity contribution >= 4 is 29.9 Å².